The summed E-state index contributed by atoms with van der Waals surface area (Å²) in [5.74, 6) is 2.68. The topological polar surface area (TPSA) is 51.8 Å². The Morgan fingerprint density at radius 1 is 1.07 bits per heavy atom. The van der Waals surface area contributed by atoms with Gasteiger partial charge in [0, 0.05) is 31.4 Å². The van der Waals surface area contributed by atoms with Gasteiger partial charge in [-0.05, 0) is 50.9 Å². The van der Waals surface area contributed by atoms with Crippen molar-refractivity contribution in [1.29, 1.82) is 0 Å². The first-order valence-electron chi connectivity index (χ1n) is 9.89. The van der Waals surface area contributed by atoms with Crippen LogP contribution in [0.2, 0.25) is 0 Å². The molecule has 1 aliphatic rings. The Labute approximate surface area is 160 Å². The van der Waals surface area contributed by atoms with Crippen molar-refractivity contribution in [3.05, 3.63) is 65.8 Å². The van der Waals surface area contributed by atoms with Gasteiger partial charge >= 0.3 is 0 Å². The Morgan fingerprint density at radius 2 is 1.89 bits per heavy atom. The molecule has 6 nitrogen and oxygen atoms in total. The number of likely N-dealkylation sites (tertiary alicyclic amines) is 1. The molecule has 1 aliphatic heterocycles. The first-order chi connectivity index (χ1) is 13.2. The van der Waals surface area contributed by atoms with Crippen LogP contribution in [0.15, 0.2) is 43.0 Å². The molecule has 142 valence electrons. The largest absolute Gasteiger partial charge is 0.330 e. The summed E-state index contributed by atoms with van der Waals surface area (Å²) in [7, 11) is 0. The maximum atomic E-state index is 4.58. The van der Waals surface area contributed by atoms with E-state index in [4.69, 9.17) is 0 Å². The molecule has 3 aromatic rings. The van der Waals surface area contributed by atoms with Crippen molar-refractivity contribution in [1.82, 2.24) is 29.2 Å². The Kier molecular flexibility index (Phi) is 5.34. The maximum absolute atomic E-state index is 4.58. The van der Waals surface area contributed by atoms with Gasteiger partial charge in [-0.1, -0.05) is 24.3 Å². The third kappa shape index (κ3) is 3.95. The zero-order valence-corrected chi connectivity index (χ0v) is 16.3. The molecule has 0 saturated carbocycles. The lowest BCUT2D eigenvalue weighted by atomic mass is 9.95. The number of hydrogen-bond acceptors (Lipinski definition) is 4. The number of hydrogen-bond donors (Lipinski definition) is 0. The molecule has 2 aromatic heterocycles. The number of imidazole rings is 1. The molecule has 1 fully saturated rings. The summed E-state index contributed by atoms with van der Waals surface area (Å²) in [6.07, 6.45) is 7.90. The van der Waals surface area contributed by atoms with Gasteiger partial charge in [0.05, 0.1) is 12.9 Å². The predicted octanol–water partition coefficient (Wildman–Crippen LogP) is 3.23. The van der Waals surface area contributed by atoms with Crippen LogP contribution in [0, 0.1) is 6.92 Å². The van der Waals surface area contributed by atoms with E-state index in [0.29, 0.717) is 5.92 Å². The minimum absolute atomic E-state index is 0.502. The Hall–Kier alpha value is -2.47. The lowest BCUT2D eigenvalue weighted by Gasteiger charge is -2.32. The smallest absolute Gasteiger partial charge is 0.153 e. The van der Waals surface area contributed by atoms with E-state index in [0.717, 1.165) is 57.2 Å². The molecule has 0 spiro atoms. The normalized spacial score (nSPS) is 16.1. The highest BCUT2D eigenvalue weighted by atomic mass is 15.3. The van der Waals surface area contributed by atoms with Gasteiger partial charge in [0.2, 0.25) is 0 Å². The molecular weight excluding hydrogens is 336 g/mol. The molecule has 1 saturated heterocycles. The van der Waals surface area contributed by atoms with Gasteiger partial charge in [0.1, 0.15) is 5.82 Å². The lowest BCUT2D eigenvalue weighted by molar-refractivity contribution is 0.199. The number of benzene rings is 1. The quantitative estimate of drug-likeness (QED) is 0.674. The molecule has 0 N–H and O–H groups in total. The third-order valence-electron chi connectivity index (χ3n) is 5.66. The molecule has 0 bridgehead atoms. The zero-order chi connectivity index (χ0) is 18.6. The Morgan fingerprint density at radius 3 is 2.59 bits per heavy atom. The fourth-order valence-electron chi connectivity index (χ4n) is 4.03. The summed E-state index contributed by atoms with van der Waals surface area (Å²) < 4.78 is 4.34. The summed E-state index contributed by atoms with van der Waals surface area (Å²) in [4.78, 5) is 6.69. The van der Waals surface area contributed by atoms with E-state index in [-0.39, 0.29) is 0 Å². The molecule has 27 heavy (non-hydrogen) atoms. The predicted molar refractivity (Wildman–Crippen MR) is 105 cm³/mol. The van der Waals surface area contributed by atoms with Gasteiger partial charge < -0.3 is 9.13 Å². The SMILES string of the molecule is CCn1c(Cn2ccnc2)nnc1C1CCN(Cc2ccccc2C)CC1. The molecule has 0 amide bonds. The Balaban J connectivity index is 1.41. The highest BCUT2D eigenvalue weighted by Crippen LogP contribution is 2.28. The Bertz CT molecular complexity index is 859. The highest BCUT2D eigenvalue weighted by Gasteiger charge is 2.26. The van der Waals surface area contributed by atoms with Crippen LogP contribution in [0.5, 0.6) is 0 Å². The lowest BCUT2D eigenvalue weighted by Crippen LogP contribution is -2.33. The number of aromatic nitrogens is 5. The fourth-order valence-corrected chi connectivity index (χ4v) is 4.03. The zero-order valence-electron chi connectivity index (χ0n) is 16.3. The van der Waals surface area contributed by atoms with E-state index in [1.807, 2.05) is 17.1 Å². The van der Waals surface area contributed by atoms with Crippen LogP contribution in [-0.2, 0) is 19.6 Å². The molecule has 0 atom stereocenters. The third-order valence-corrected chi connectivity index (χ3v) is 5.66. The van der Waals surface area contributed by atoms with Crippen LogP contribution >= 0.6 is 0 Å². The molecule has 0 radical (unpaired) electrons. The molecule has 4 rings (SSSR count). The molecular formula is C21H28N6. The van der Waals surface area contributed by atoms with Gasteiger partial charge in [-0.2, -0.15) is 0 Å². The molecule has 1 aromatic carbocycles. The van der Waals surface area contributed by atoms with Crippen LogP contribution < -0.4 is 0 Å². The minimum atomic E-state index is 0.502. The van der Waals surface area contributed by atoms with Gasteiger partial charge in [-0.25, -0.2) is 4.98 Å². The summed E-state index contributed by atoms with van der Waals surface area (Å²) in [5.41, 5.74) is 2.82. The van der Waals surface area contributed by atoms with E-state index in [2.05, 4.69) is 62.8 Å². The van der Waals surface area contributed by atoms with Crippen LogP contribution in [0.4, 0.5) is 0 Å². The first kappa shape index (κ1) is 17.9. The van der Waals surface area contributed by atoms with E-state index >= 15 is 0 Å². The van der Waals surface area contributed by atoms with Crippen LogP contribution in [0.3, 0.4) is 0 Å². The van der Waals surface area contributed by atoms with E-state index < -0.39 is 0 Å². The highest BCUT2D eigenvalue weighted by molar-refractivity contribution is 5.25. The minimum Gasteiger partial charge on any atom is -0.330 e. The van der Waals surface area contributed by atoms with Gasteiger partial charge in [-0.3, -0.25) is 4.90 Å². The second-order valence-electron chi connectivity index (χ2n) is 7.43. The number of aryl methyl sites for hydroxylation is 1. The van der Waals surface area contributed by atoms with Gasteiger partial charge in [0.15, 0.2) is 5.82 Å². The van der Waals surface area contributed by atoms with Crippen molar-refractivity contribution in [2.45, 2.75) is 52.2 Å². The summed E-state index contributed by atoms with van der Waals surface area (Å²) in [5, 5.41) is 9.06. The number of rotatable bonds is 6. The van der Waals surface area contributed by atoms with Crippen LogP contribution in [0.1, 0.15) is 48.5 Å². The van der Waals surface area contributed by atoms with Crippen molar-refractivity contribution in [2.24, 2.45) is 0 Å². The van der Waals surface area contributed by atoms with Crippen molar-refractivity contribution in [3.63, 3.8) is 0 Å². The van der Waals surface area contributed by atoms with Gasteiger partial charge in [-0.15, -0.1) is 10.2 Å². The molecule has 3 heterocycles. The first-order valence-corrected chi connectivity index (χ1v) is 9.89. The van der Waals surface area contributed by atoms with Gasteiger partial charge in [0.25, 0.3) is 0 Å². The fraction of sp³-hybridized carbons (Fsp3) is 0.476. The number of nitrogens with zero attached hydrogens (tertiary/aromatic N) is 6. The molecule has 6 heteroatoms. The number of piperidine rings is 1. The van der Waals surface area contributed by atoms with E-state index in [9.17, 15) is 0 Å². The molecule has 0 aliphatic carbocycles. The average Bonchev–Trinajstić information content (AvgIpc) is 3.34. The summed E-state index contributed by atoms with van der Waals surface area (Å²) >= 11 is 0. The van der Waals surface area contributed by atoms with Crippen molar-refractivity contribution < 1.29 is 0 Å². The van der Waals surface area contributed by atoms with Crippen LogP contribution in [-0.4, -0.2) is 42.3 Å². The second kappa shape index (κ2) is 8.05. The monoisotopic (exact) mass is 364 g/mol. The van der Waals surface area contributed by atoms with Crippen molar-refractivity contribution >= 4 is 0 Å². The summed E-state index contributed by atoms with van der Waals surface area (Å²) in [6.45, 7) is 9.30. The van der Waals surface area contributed by atoms with Crippen LogP contribution in [0.25, 0.3) is 0 Å². The van der Waals surface area contributed by atoms with E-state index in [1.165, 1.54) is 11.1 Å². The molecule has 0 unspecified atom stereocenters. The van der Waals surface area contributed by atoms with Crippen molar-refractivity contribution in [3.8, 4) is 0 Å². The standard InChI is InChI=1S/C21H28N6/c1-3-27-20(15-26-13-10-22-16-26)23-24-21(27)18-8-11-25(12-9-18)14-19-7-5-4-6-17(19)2/h4-7,10,13,16,18H,3,8-9,11-12,14-15H2,1-2H3. The second-order valence-corrected chi connectivity index (χ2v) is 7.43. The average molecular weight is 364 g/mol. The van der Waals surface area contributed by atoms with Crippen molar-refractivity contribution in [2.75, 3.05) is 13.1 Å². The summed E-state index contributed by atoms with van der Waals surface area (Å²) in [6, 6.07) is 8.70. The van der Waals surface area contributed by atoms with E-state index in [1.54, 1.807) is 6.20 Å². The maximum Gasteiger partial charge on any atom is 0.153 e.